The maximum absolute atomic E-state index is 11.0. The van der Waals surface area contributed by atoms with Gasteiger partial charge in [0, 0.05) is 11.4 Å². The van der Waals surface area contributed by atoms with Crippen LogP contribution >= 0.6 is 0 Å². The van der Waals surface area contributed by atoms with Crippen molar-refractivity contribution in [3.05, 3.63) is 24.3 Å². The van der Waals surface area contributed by atoms with Gasteiger partial charge in [0.2, 0.25) is 0 Å². The van der Waals surface area contributed by atoms with Crippen LogP contribution in [0.1, 0.15) is 0 Å². The Kier molecular flexibility index (Phi) is 5.50. The van der Waals surface area contributed by atoms with Crippen LogP contribution in [0.2, 0.25) is 0 Å². The summed E-state index contributed by atoms with van der Waals surface area (Å²) in [5.74, 6) is -0.689. The fraction of sp³-hybridized carbons (Fsp3) is 0.333. The van der Waals surface area contributed by atoms with Crippen LogP contribution in [-0.2, 0) is 19.1 Å². The molecule has 6 heteroatoms. The first kappa shape index (κ1) is 13.8. The summed E-state index contributed by atoms with van der Waals surface area (Å²) in [6.45, 7) is 0.188. The molecule has 0 amide bonds. The normalized spacial score (nSPS) is 9.44. The zero-order valence-corrected chi connectivity index (χ0v) is 10.4. The molecule has 0 fully saturated rings. The number of esters is 2. The van der Waals surface area contributed by atoms with Gasteiger partial charge in [-0.15, -0.1) is 0 Å². The van der Waals surface area contributed by atoms with Gasteiger partial charge in [-0.3, -0.25) is 9.59 Å². The van der Waals surface area contributed by atoms with Gasteiger partial charge in [0.05, 0.1) is 14.2 Å². The van der Waals surface area contributed by atoms with E-state index in [-0.39, 0.29) is 25.0 Å². The summed E-state index contributed by atoms with van der Waals surface area (Å²) in [4.78, 5) is 21.9. The molecule has 0 radical (unpaired) electrons. The largest absolute Gasteiger partial charge is 0.468 e. The number of carbonyl (C=O) groups excluding carboxylic acids is 2. The van der Waals surface area contributed by atoms with Crippen molar-refractivity contribution < 1.29 is 19.1 Å². The second kappa shape index (κ2) is 7.16. The molecule has 2 N–H and O–H groups in total. The number of hydrogen-bond acceptors (Lipinski definition) is 6. The fourth-order valence-electron chi connectivity index (χ4n) is 1.23. The monoisotopic (exact) mass is 252 g/mol. The number of anilines is 2. The average Bonchev–Trinajstić information content (AvgIpc) is 2.42. The number of benzene rings is 1. The van der Waals surface area contributed by atoms with Gasteiger partial charge < -0.3 is 20.1 Å². The van der Waals surface area contributed by atoms with Gasteiger partial charge in [-0.05, 0) is 18.2 Å². The molecular weight excluding hydrogens is 236 g/mol. The van der Waals surface area contributed by atoms with Crippen molar-refractivity contribution in [3.63, 3.8) is 0 Å². The van der Waals surface area contributed by atoms with E-state index < -0.39 is 0 Å². The van der Waals surface area contributed by atoms with E-state index >= 15 is 0 Å². The Hall–Kier alpha value is -2.24. The van der Waals surface area contributed by atoms with Crippen molar-refractivity contribution in [3.8, 4) is 0 Å². The quantitative estimate of drug-likeness (QED) is 0.731. The molecule has 0 heterocycles. The van der Waals surface area contributed by atoms with Crippen LogP contribution in [0.15, 0.2) is 24.3 Å². The van der Waals surface area contributed by atoms with Crippen LogP contribution in [0, 0.1) is 0 Å². The topological polar surface area (TPSA) is 76.7 Å². The van der Waals surface area contributed by atoms with Crippen molar-refractivity contribution in [2.75, 3.05) is 37.9 Å². The number of rotatable bonds is 6. The van der Waals surface area contributed by atoms with Crippen LogP contribution in [0.5, 0.6) is 0 Å². The summed E-state index contributed by atoms with van der Waals surface area (Å²) in [5, 5.41) is 5.81. The van der Waals surface area contributed by atoms with Crippen LogP contribution in [-0.4, -0.2) is 39.2 Å². The molecule has 1 aromatic carbocycles. The van der Waals surface area contributed by atoms with Crippen LogP contribution in [0.25, 0.3) is 0 Å². The standard InChI is InChI=1S/C12H16N2O4/c1-17-11(15)7-13-9-4-3-5-10(6-9)14-8-12(16)18-2/h3-6,13-14H,7-8H2,1-2H3. The summed E-state index contributed by atoms with van der Waals surface area (Å²) in [6.07, 6.45) is 0. The molecule has 6 nitrogen and oxygen atoms in total. The molecule has 0 aromatic heterocycles. The van der Waals surface area contributed by atoms with Crippen molar-refractivity contribution in [1.82, 2.24) is 0 Å². The van der Waals surface area contributed by atoms with Gasteiger partial charge in [-0.25, -0.2) is 0 Å². The number of hydrogen-bond donors (Lipinski definition) is 2. The molecule has 1 aromatic rings. The third-order valence-electron chi connectivity index (χ3n) is 2.19. The van der Waals surface area contributed by atoms with Gasteiger partial charge in [0.1, 0.15) is 13.1 Å². The predicted octanol–water partition coefficient (Wildman–Crippen LogP) is 0.856. The number of ether oxygens (including phenoxy) is 2. The number of methoxy groups -OCH3 is 2. The highest BCUT2D eigenvalue weighted by molar-refractivity contribution is 5.76. The molecule has 0 bridgehead atoms. The molecule has 1 rings (SSSR count). The fourth-order valence-corrected chi connectivity index (χ4v) is 1.23. The van der Waals surface area contributed by atoms with Gasteiger partial charge in [-0.2, -0.15) is 0 Å². The van der Waals surface area contributed by atoms with Gasteiger partial charge in [-0.1, -0.05) is 6.07 Å². The maximum Gasteiger partial charge on any atom is 0.325 e. The number of nitrogens with one attached hydrogen (secondary N) is 2. The molecule has 0 atom stereocenters. The first-order valence-corrected chi connectivity index (χ1v) is 5.37. The average molecular weight is 252 g/mol. The molecule has 0 aliphatic heterocycles. The first-order valence-electron chi connectivity index (χ1n) is 5.37. The van der Waals surface area contributed by atoms with E-state index in [0.717, 1.165) is 11.4 Å². The summed E-state index contributed by atoms with van der Waals surface area (Å²) in [5.41, 5.74) is 1.52. The van der Waals surface area contributed by atoms with E-state index in [9.17, 15) is 9.59 Å². The zero-order chi connectivity index (χ0) is 13.4. The Bertz CT molecular complexity index is 385. The molecule has 0 saturated heterocycles. The summed E-state index contributed by atoms with van der Waals surface area (Å²) < 4.78 is 9.03. The zero-order valence-electron chi connectivity index (χ0n) is 10.4. The second-order valence-electron chi connectivity index (χ2n) is 3.44. The van der Waals surface area contributed by atoms with Crippen molar-refractivity contribution in [1.29, 1.82) is 0 Å². The van der Waals surface area contributed by atoms with E-state index in [2.05, 4.69) is 20.1 Å². The van der Waals surface area contributed by atoms with Crippen molar-refractivity contribution in [2.24, 2.45) is 0 Å². The maximum atomic E-state index is 11.0. The summed E-state index contributed by atoms with van der Waals surface area (Å²) >= 11 is 0. The molecule has 0 spiro atoms. The lowest BCUT2D eigenvalue weighted by atomic mass is 10.2. The van der Waals surface area contributed by atoms with Crippen LogP contribution < -0.4 is 10.6 Å². The Labute approximate surface area is 105 Å². The molecule has 0 aliphatic carbocycles. The predicted molar refractivity (Wildman–Crippen MR) is 67.5 cm³/mol. The highest BCUT2D eigenvalue weighted by atomic mass is 16.5. The lowest BCUT2D eigenvalue weighted by molar-refractivity contribution is -0.139. The van der Waals surface area contributed by atoms with Crippen LogP contribution in [0.3, 0.4) is 0 Å². The van der Waals surface area contributed by atoms with E-state index in [4.69, 9.17) is 0 Å². The Morgan fingerprint density at radius 3 is 1.83 bits per heavy atom. The lowest BCUT2D eigenvalue weighted by Crippen LogP contribution is -2.16. The van der Waals surface area contributed by atoms with Gasteiger partial charge >= 0.3 is 11.9 Å². The molecule has 0 aliphatic rings. The highest BCUT2D eigenvalue weighted by Crippen LogP contribution is 2.14. The minimum absolute atomic E-state index is 0.0942. The SMILES string of the molecule is COC(=O)CNc1cccc(NCC(=O)OC)c1. The summed E-state index contributed by atoms with van der Waals surface area (Å²) in [7, 11) is 2.66. The minimum atomic E-state index is -0.345. The molecule has 18 heavy (non-hydrogen) atoms. The smallest absolute Gasteiger partial charge is 0.325 e. The van der Waals surface area contributed by atoms with Crippen LogP contribution in [0.4, 0.5) is 11.4 Å². The Balaban J connectivity index is 2.51. The number of carbonyl (C=O) groups is 2. The van der Waals surface area contributed by atoms with E-state index in [0.29, 0.717) is 0 Å². The minimum Gasteiger partial charge on any atom is -0.468 e. The highest BCUT2D eigenvalue weighted by Gasteiger charge is 2.02. The third kappa shape index (κ3) is 4.73. The molecule has 0 saturated carbocycles. The van der Waals surface area contributed by atoms with E-state index in [1.165, 1.54) is 14.2 Å². The van der Waals surface area contributed by atoms with Gasteiger partial charge in [0.15, 0.2) is 0 Å². The van der Waals surface area contributed by atoms with Gasteiger partial charge in [0.25, 0.3) is 0 Å². The van der Waals surface area contributed by atoms with E-state index in [1.54, 1.807) is 12.1 Å². The Morgan fingerprint density at radius 1 is 1.00 bits per heavy atom. The van der Waals surface area contributed by atoms with Crippen molar-refractivity contribution in [2.45, 2.75) is 0 Å². The second-order valence-corrected chi connectivity index (χ2v) is 3.44. The first-order chi connectivity index (χ1) is 8.65. The lowest BCUT2D eigenvalue weighted by Gasteiger charge is -2.08. The molecule has 98 valence electrons. The van der Waals surface area contributed by atoms with E-state index in [1.807, 2.05) is 12.1 Å². The Morgan fingerprint density at radius 2 is 1.44 bits per heavy atom. The molecular formula is C12H16N2O4. The summed E-state index contributed by atoms with van der Waals surface area (Å²) in [6, 6.07) is 7.21. The van der Waals surface area contributed by atoms with Crippen molar-refractivity contribution >= 4 is 23.3 Å². The third-order valence-corrected chi connectivity index (χ3v) is 2.19. The molecule has 0 unspecified atom stereocenters.